The maximum atomic E-state index is 11.6. The van der Waals surface area contributed by atoms with Crippen molar-refractivity contribution >= 4 is 23.0 Å². The Bertz CT molecular complexity index is 225. The van der Waals surface area contributed by atoms with Crippen LogP contribution in [0, 0.1) is 11.8 Å². The van der Waals surface area contributed by atoms with Crippen molar-refractivity contribution in [3.05, 3.63) is 0 Å². The van der Waals surface area contributed by atoms with E-state index in [0.29, 0.717) is 5.92 Å². The Morgan fingerprint density at radius 3 is 2.54 bits per heavy atom. The van der Waals surface area contributed by atoms with Gasteiger partial charge in [0.1, 0.15) is 0 Å². The molecule has 2 atom stereocenters. The minimum atomic E-state index is 0.152. The molecule has 13 heavy (non-hydrogen) atoms. The molecule has 0 aromatic carbocycles. The van der Waals surface area contributed by atoms with Crippen molar-refractivity contribution in [1.82, 2.24) is 4.90 Å². The van der Waals surface area contributed by atoms with Crippen LogP contribution in [0.15, 0.2) is 0 Å². The van der Waals surface area contributed by atoms with Gasteiger partial charge in [0.2, 0.25) is 5.91 Å². The second kappa shape index (κ2) is 4.18. The third kappa shape index (κ3) is 2.50. The molecule has 74 valence electrons. The SMILES string of the molecule is CC1CCC(C(=O)N(C)C)CC1=S. The van der Waals surface area contributed by atoms with E-state index < -0.39 is 0 Å². The van der Waals surface area contributed by atoms with Crippen molar-refractivity contribution in [3.8, 4) is 0 Å². The summed E-state index contributed by atoms with van der Waals surface area (Å²) in [5.41, 5.74) is 0. The lowest BCUT2D eigenvalue weighted by Crippen LogP contribution is -2.34. The molecule has 1 saturated carbocycles. The van der Waals surface area contributed by atoms with Crippen LogP contribution in [0.3, 0.4) is 0 Å². The van der Waals surface area contributed by atoms with Crippen LogP contribution in [0.1, 0.15) is 26.2 Å². The molecule has 0 saturated heterocycles. The van der Waals surface area contributed by atoms with Crippen molar-refractivity contribution in [2.75, 3.05) is 14.1 Å². The number of carbonyl (C=O) groups excluding carboxylic acids is 1. The van der Waals surface area contributed by atoms with Gasteiger partial charge < -0.3 is 4.90 Å². The number of hydrogen-bond acceptors (Lipinski definition) is 2. The van der Waals surface area contributed by atoms with Crippen molar-refractivity contribution in [3.63, 3.8) is 0 Å². The summed E-state index contributed by atoms with van der Waals surface area (Å²) < 4.78 is 0. The Morgan fingerprint density at radius 1 is 1.46 bits per heavy atom. The van der Waals surface area contributed by atoms with E-state index >= 15 is 0 Å². The Kier molecular flexibility index (Phi) is 3.42. The van der Waals surface area contributed by atoms with Gasteiger partial charge >= 0.3 is 0 Å². The normalized spacial score (nSPS) is 28.7. The van der Waals surface area contributed by atoms with Gasteiger partial charge in [-0.2, -0.15) is 0 Å². The van der Waals surface area contributed by atoms with E-state index in [1.54, 1.807) is 4.90 Å². The van der Waals surface area contributed by atoms with Gasteiger partial charge in [0, 0.05) is 20.0 Å². The van der Waals surface area contributed by atoms with Crippen LogP contribution in [0.4, 0.5) is 0 Å². The molecule has 0 bridgehead atoms. The highest BCUT2D eigenvalue weighted by Gasteiger charge is 2.28. The predicted octanol–water partition coefficient (Wildman–Crippen LogP) is 1.88. The fourth-order valence-electron chi connectivity index (χ4n) is 1.73. The number of nitrogens with zero attached hydrogens (tertiary/aromatic N) is 1. The fraction of sp³-hybridized carbons (Fsp3) is 0.800. The maximum absolute atomic E-state index is 11.6. The Morgan fingerprint density at radius 2 is 2.08 bits per heavy atom. The summed E-state index contributed by atoms with van der Waals surface area (Å²) in [4.78, 5) is 14.4. The van der Waals surface area contributed by atoms with Crippen LogP contribution in [0.2, 0.25) is 0 Å². The second-order valence-corrected chi connectivity index (χ2v) is 4.60. The zero-order valence-electron chi connectivity index (χ0n) is 8.54. The van der Waals surface area contributed by atoms with Crippen LogP contribution in [0.5, 0.6) is 0 Å². The lowest BCUT2D eigenvalue weighted by atomic mass is 9.82. The van der Waals surface area contributed by atoms with E-state index in [0.717, 1.165) is 24.1 Å². The number of amides is 1. The van der Waals surface area contributed by atoms with Crippen molar-refractivity contribution in [2.24, 2.45) is 11.8 Å². The molecule has 2 unspecified atom stereocenters. The summed E-state index contributed by atoms with van der Waals surface area (Å²) in [6.07, 6.45) is 2.88. The fourth-order valence-corrected chi connectivity index (χ4v) is 2.05. The standard InChI is InChI=1S/C10H17NOS/c1-7-4-5-8(6-9(7)13)10(12)11(2)3/h7-8H,4-6H2,1-3H3. The van der Waals surface area contributed by atoms with Crippen LogP contribution in [-0.4, -0.2) is 29.8 Å². The first kappa shape index (κ1) is 10.6. The van der Waals surface area contributed by atoms with Crippen LogP contribution < -0.4 is 0 Å². The third-order valence-electron chi connectivity index (χ3n) is 2.74. The molecule has 1 rings (SSSR count). The minimum Gasteiger partial charge on any atom is -0.349 e. The summed E-state index contributed by atoms with van der Waals surface area (Å²) >= 11 is 5.24. The Hall–Kier alpha value is -0.440. The van der Waals surface area contributed by atoms with Gasteiger partial charge in [-0.05, 0) is 30.0 Å². The molecule has 0 radical (unpaired) electrons. The topological polar surface area (TPSA) is 20.3 Å². The highest BCUT2D eigenvalue weighted by Crippen LogP contribution is 2.27. The van der Waals surface area contributed by atoms with Crippen molar-refractivity contribution < 1.29 is 4.79 Å². The average Bonchev–Trinajstić information content (AvgIpc) is 2.08. The summed E-state index contributed by atoms with van der Waals surface area (Å²) in [5.74, 6) is 0.911. The first-order chi connectivity index (χ1) is 6.02. The quantitative estimate of drug-likeness (QED) is 0.601. The largest absolute Gasteiger partial charge is 0.349 e. The molecule has 0 aromatic heterocycles. The highest BCUT2D eigenvalue weighted by molar-refractivity contribution is 7.80. The maximum Gasteiger partial charge on any atom is 0.225 e. The minimum absolute atomic E-state index is 0.152. The molecule has 0 spiro atoms. The first-order valence-electron chi connectivity index (χ1n) is 4.76. The van der Waals surface area contributed by atoms with Crippen molar-refractivity contribution in [2.45, 2.75) is 26.2 Å². The second-order valence-electron chi connectivity index (χ2n) is 4.08. The molecule has 1 amide bonds. The van der Waals surface area contributed by atoms with Crippen LogP contribution in [-0.2, 0) is 4.79 Å². The molecule has 0 aliphatic heterocycles. The number of thiocarbonyl (C=S) groups is 1. The summed E-state index contributed by atoms with van der Waals surface area (Å²) in [5, 5.41) is 0. The lowest BCUT2D eigenvalue weighted by Gasteiger charge is -2.28. The number of rotatable bonds is 1. The zero-order chi connectivity index (χ0) is 10.0. The van der Waals surface area contributed by atoms with E-state index in [-0.39, 0.29) is 11.8 Å². The number of carbonyl (C=O) groups is 1. The molecule has 0 N–H and O–H groups in total. The van der Waals surface area contributed by atoms with Gasteiger partial charge in [0.25, 0.3) is 0 Å². The molecule has 0 aromatic rings. The van der Waals surface area contributed by atoms with Crippen molar-refractivity contribution in [1.29, 1.82) is 0 Å². The van der Waals surface area contributed by atoms with E-state index in [4.69, 9.17) is 12.2 Å². The van der Waals surface area contributed by atoms with Gasteiger partial charge in [-0.25, -0.2) is 0 Å². The monoisotopic (exact) mass is 199 g/mol. The van der Waals surface area contributed by atoms with E-state index in [1.165, 1.54) is 0 Å². The number of hydrogen-bond donors (Lipinski definition) is 0. The lowest BCUT2D eigenvalue weighted by molar-refractivity contribution is -0.133. The molecule has 1 aliphatic carbocycles. The predicted molar refractivity (Wildman–Crippen MR) is 57.8 cm³/mol. The van der Waals surface area contributed by atoms with Gasteiger partial charge in [-0.15, -0.1) is 0 Å². The third-order valence-corrected chi connectivity index (χ3v) is 3.30. The van der Waals surface area contributed by atoms with Gasteiger partial charge in [0.05, 0.1) is 0 Å². The van der Waals surface area contributed by atoms with E-state index in [1.807, 2.05) is 14.1 Å². The van der Waals surface area contributed by atoms with Gasteiger partial charge in [0.15, 0.2) is 0 Å². The van der Waals surface area contributed by atoms with E-state index in [2.05, 4.69) is 6.92 Å². The molecule has 1 aliphatic rings. The Balaban J connectivity index is 2.55. The molecular formula is C10H17NOS. The summed E-state index contributed by atoms with van der Waals surface area (Å²) in [6, 6.07) is 0. The molecule has 2 nitrogen and oxygen atoms in total. The van der Waals surface area contributed by atoms with E-state index in [9.17, 15) is 4.79 Å². The molecule has 1 fully saturated rings. The highest BCUT2D eigenvalue weighted by atomic mass is 32.1. The summed E-state index contributed by atoms with van der Waals surface area (Å²) in [7, 11) is 3.62. The zero-order valence-corrected chi connectivity index (χ0v) is 9.36. The molecule has 0 heterocycles. The Labute approximate surface area is 85.3 Å². The average molecular weight is 199 g/mol. The smallest absolute Gasteiger partial charge is 0.225 e. The van der Waals surface area contributed by atoms with Crippen LogP contribution >= 0.6 is 12.2 Å². The first-order valence-corrected chi connectivity index (χ1v) is 5.17. The van der Waals surface area contributed by atoms with Gasteiger partial charge in [-0.1, -0.05) is 19.1 Å². The summed E-state index contributed by atoms with van der Waals surface area (Å²) in [6.45, 7) is 2.15. The molecular weight excluding hydrogens is 182 g/mol. The van der Waals surface area contributed by atoms with Gasteiger partial charge in [-0.3, -0.25) is 4.79 Å². The van der Waals surface area contributed by atoms with Crippen LogP contribution in [0.25, 0.3) is 0 Å². The molecule has 3 heteroatoms.